The number of nitrogens with one attached hydrogen (secondary N) is 1. The van der Waals surface area contributed by atoms with Crippen LogP contribution in [0, 0.1) is 6.92 Å². The summed E-state index contributed by atoms with van der Waals surface area (Å²) in [6, 6.07) is 37.2. The van der Waals surface area contributed by atoms with E-state index in [1.54, 1.807) is 0 Å². The van der Waals surface area contributed by atoms with Crippen LogP contribution >= 0.6 is 0 Å². The molecule has 4 aromatic rings. The zero-order valence-electron chi connectivity index (χ0n) is 19.9. The Kier molecular flexibility index (Phi) is 7.41. The number of primary amides is 1. The minimum absolute atomic E-state index is 0.128. The summed E-state index contributed by atoms with van der Waals surface area (Å²) in [4.78, 5) is 25.9. The summed E-state index contributed by atoms with van der Waals surface area (Å²) >= 11 is 0. The van der Waals surface area contributed by atoms with Crippen LogP contribution in [0.1, 0.15) is 34.2 Å². The van der Waals surface area contributed by atoms with Gasteiger partial charge in [0.2, 0.25) is 11.8 Å². The van der Waals surface area contributed by atoms with Crippen molar-refractivity contribution in [1.29, 1.82) is 0 Å². The summed E-state index contributed by atoms with van der Waals surface area (Å²) in [5.74, 6) is -0.789. The van der Waals surface area contributed by atoms with Crippen molar-refractivity contribution in [3.8, 4) is 0 Å². The van der Waals surface area contributed by atoms with E-state index in [2.05, 4.69) is 5.32 Å². The van der Waals surface area contributed by atoms with Gasteiger partial charge in [0.05, 0.1) is 5.41 Å². The largest absolute Gasteiger partial charge is 0.368 e. The van der Waals surface area contributed by atoms with Crippen molar-refractivity contribution < 1.29 is 9.59 Å². The van der Waals surface area contributed by atoms with Gasteiger partial charge < -0.3 is 11.1 Å². The first-order chi connectivity index (χ1) is 17.0. The van der Waals surface area contributed by atoms with Crippen molar-refractivity contribution >= 4 is 11.8 Å². The van der Waals surface area contributed by atoms with Crippen LogP contribution in [0.3, 0.4) is 0 Å². The maximum atomic E-state index is 13.6. The predicted molar refractivity (Wildman–Crippen MR) is 140 cm³/mol. The molecule has 0 aliphatic rings. The molecule has 0 unspecified atom stereocenters. The van der Waals surface area contributed by atoms with E-state index in [4.69, 9.17) is 5.73 Å². The van der Waals surface area contributed by atoms with Gasteiger partial charge in [0.15, 0.2) is 0 Å². The zero-order chi connectivity index (χ0) is 24.7. The number of hydrogen-bond acceptors (Lipinski definition) is 2. The average molecular weight is 463 g/mol. The zero-order valence-corrected chi connectivity index (χ0v) is 19.9. The first-order valence-corrected chi connectivity index (χ1v) is 11.8. The van der Waals surface area contributed by atoms with E-state index < -0.39 is 17.4 Å². The number of carbonyl (C=O) groups is 2. The molecule has 4 rings (SSSR count). The highest BCUT2D eigenvalue weighted by Gasteiger charge is 2.39. The van der Waals surface area contributed by atoms with Crippen LogP contribution in [0.2, 0.25) is 0 Å². The first-order valence-electron chi connectivity index (χ1n) is 11.8. The minimum Gasteiger partial charge on any atom is -0.368 e. The fraction of sp³-hybridized carbons (Fsp3) is 0.161. The van der Waals surface area contributed by atoms with Crippen LogP contribution < -0.4 is 11.1 Å². The number of nitrogens with two attached hydrogens (primary N) is 1. The van der Waals surface area contributed by atoms with Crippen molar-refractivity contribution in [2.75, 3.05) is 0 Å². The van der Waals surface area contributed by atoms with E-state index in [-0.39, 0.29) is 12.3 Å². The molecule has 0 heterocycles. The fourth-order valence-corrected chi connectivity index (χ4v) is 4.76. The Bertz CT molecular complexity index is 1170. The third kappa shape index (κ3) is 5.49. The molecule has 35 heavy (non-hydrogen) atoms. The Balaban J connectivity index is 1.73. The average Bonchev–Trinajstić information content (AvgIpc) is 2.88. The lowest BCUT2D eigenvalue weighted by atomic mass is 9.67. The molecule has 4 heteroatoms. The Labute approximate surface area is 206 Å². The molecule has 0 radical (unpaired) electrons. The highest BCUT2D eigenvalue weighted by atomic mass is 16.2. The van der Waals surface area contributed by atoms with Gasteiger partial charge in [-0.15, -0.1) is 0 Å². The fourth-order valence-electron chi connectivity index (χ4n) is 4.76. The van der Waals surface area contributed by atoms with E-state index in [1.165, 1.54) is 0 Å². The first kappa shape index (κ1) is 24.0. The van der Waals surface area contributed by atoms with Crippen LogP contribution in [0.5, 0.6) is 0 Å². The van der Waals surface area contributed by atoms with E-state index >= 15 is 0 Å². The van der Waals surface area contributed by atoms with Crippen LogP contribution in [0.4, 0.5) is 0 Å². The van der Waals surface area contributed by atoms with Crippen molar-refractivity contribution in [2.45, 2.75) is 31.2 Å². The topological polar surface area (TPSA) is 72.2 Å². The molecule has 0 aliphatic carbocycles. The number of hydrogen-bond donors (Lipinski definition) is 2. The smallest absolute Gasteiger partial charge is 0.240 e. The molecule has 4 aromatic carbocycles. The SMILES string of the molecule is Cc1cccc(C[C@@H](NC(=O)CC(c2ccccc2)(c2ccccc2)c2ccccc2)C(N)=O)c1. The lowest BCUT2D eigenvalue weighted by Crippen LogP contribution is -2.48. The molecule has 0 bridgehead atoms. The molecule has 3 N–H and O–H groups in total. The Morgan fingerprint density at radius 3 is 1.66 bits per heavy atom. The van der Waals surface area contributed by atoms with Crippen LogP contribution in [-0.4, -0.2) is 17.9 Å². The van der Waals surface area contributed by atoms with Crippen LogP contribution in [0.15, 0.2) is 115 Å². The van der Waals surface area contributed by atoms with E-state index in [0.29, 0.717) is 6.42 Å². The van der Waals surface area contributed by atoms with Crippen molar-refractivity contribution in [3.05, 3.63) is 143 Å². The highest BCUT2D eigenvalue weighted by Crippen LogP contribution is 2.42. The number of aryl methyl sites for hydroxylation is 1. The lowest BCUT2D eigenvalue weighted by Gasteiger charge is -2.36. The summed E-state index contributed by atoms with van der Waals surface area (Å²) in [5.41, 5.74) is 10.0. The second-order valence-corrected chi connectivity index (χ2v) is 8.90. The summed E-state index contributed by atoms with van der Waals surface area (Å²) < 4.78 is 0. The van der Waals surface area contributed by atoms with E-state index in [1.807, 2.05) is 122 Å². The van der Waals surface area contributed by atoms with Gasteiger partial charge in [0.1, 0.15) is 6.04 Å². The van der Waals surface area contributed by atoms with Gasteiger partial charge in [-0.05, 0) is 29.2 Å². The third-order valence-corrected chi connectivity index (χ3v) is 6.43. The van der Waals surface area contributed by atoms with Gasteiger partial charge in [-0.2, -0.15) is 0 Å². The van der Waals surface area contributed by atoms with E-state index in [0.717, 1.165) is 27.8 Å². The van der Waals surface area contributed by atoms with Crippen molar-refractivity contribution in [3.63, 3.8) is 0 Å². The summed E-state index contributed by atoms with van der Waals surface area (Å²) in [6.07, 6.45) is 0.473. The Morgan fingerprint density at radius 2 is 1.23 bits per heavy atom. The van der Waals surface area contributed by atoms with Crippen LogP contribution in [0.25, 0.3) is 0 Å². The van der Waals surface area contributed by atoms with Gasteiger partial charge in [-0.3, -0.25) is 9.59 Å². The molecule has 2 amide bonds. The standard InChI is InChI=1S/C31H30N2O2/c1-23-12-11-13-24(20-23)21-28(30(32)35)33-29(34)22-31(25-14-5-2-6-15-25,26-16-7-3-8-17-26)27-18-9-4-10-19-27/h2-20,28H,21-22H2,1H3,(H2,32,35)(H,33,34)/t28-/m1/s1. The summed E-state index contributed by atoms with van der Waals surface area (Å²) in [6.45, 7) is 2.00. The maximum absolute atomic E-state index is 13.6. The predicted octanol–water partition coefficient (Wildman–Crippen LogP) is 4.93. The molecule has 4 nitrogen and oxygen atoms in total. The number of rotatable bonds is 9. The maximum Gasteiger partial charge on any atom is 0.240 e. The lowest BCUT2D eigenvalue weighted by molar-refractivity contribution is -0.127. The Morgan fingerprint density at radius 1 is 0.743 bits per heavy atom. The van der Waals surface area contributed by atoms with Gasteiger partial charge in [-0.1, -0.05) is 121 Å². The van der Waals surface area contributed by atoms with Crippen molar-refractivity contribution in [2.24, 2.45) is 5.73 Å². The monoisotopic (exact) mass is 462 g/mol. The minimum atomic E-state index is -0.802. The molecular formula is C31H30N2O2. The molecule has 1 atom stereocenters. The highest BCUT2D eigenvalue weighted by molar-refractivity contribution is 5.88. The molecule has 0 spiro atoms. The molecule has 0 fully saturated rings. The number of benzene rings is 4. The Hall–Kier alpha value is -4.18. The molecule has 0 aliphatic heterocycles. The van der Waals surface area contributed by atoms with Gasteiger partial charge in [-0.25, -0.2) is 0 Å². The quantitative estimate of drug-likeness (QED) is 0.346. The summed E-state index contributed by atoms with van der Waals surface area (Å²) in [7, 11) is 0. The summed E-state index contributed by atoms with van der Waals surface area (Å²) in [5, 5.41) is 2.94. The number of carbonyl (C=O) groups excluding carboxylic acids is 2. The molecule has 0 saturated carbocycles. The molecule has 0 aromatic heterocycles. The molecule has 176 valence electrons. The van der Waals surface area contributed by atoms with Gasteiger partial charge in [0, 0.05) is 12.8 Å². The van der Waals surface area contributed by atoms with E-state index in [9.17, 15) is 9.59 Å². The normalized spacial score (nSPS) is 12.0. The third-order valence-electron chi connectivity index (χ3n) is 6.43. The van der Waals surface area contributed by atoms with Gasteiger partial charge in [0.25, 0.3) is 0 Å². The molecular weight excluding hydrogens is 432 g/mol. The molecule has 0 saturated heterocycles. The second-order valence-electron chi connectivity index (χ2n) is 8.90. The van der Waals surface area contributed by atoms with Gasteiger partial charge >= 0.3 is 0 Å². The number of amides is 2. The van der Waals surface area contributed by atoms with Crippen LogP contribution in [-0.2, 0) is 21.4 Å². The van der Waals surface area contributed by atoms with Crippen molar-refractivity contribution in [1.82, 2.24) is 5.32 Å². The second kappa shape index (κ2) is 10.8.